The summed E-state index contributed by atoms with van der Waals surface area (Å²) in [5.41, 5.74) is 0.133. The summed E-state index contributed by atoms with van der Waals surface area (Å²) in [4.78, 5) is 38.3. The van der Waals surface area contributed by atoms with Gasteiger partial charge in [0, 0.05) is 11.9 Å². The van der Waals surface area contributed by atoms with E-state index in [-0.39, 0.29) is 12.5 Å². The summed E-state index contributed by atoms with van der Waals surface area (Å²) in [5, 5.41) is 12.2. The van der Waals surface area contributed by atoms with Gasteiger partial charge in [0.05, 0.1) is 6.61 Å². The van der Waals surface area contributed by atoms with Gasteiger partial charge in [-0.2, -0.15) is 13.8 Å². The lowest BCUT2D eigenvalue weighted by atomic mass is 10.1. The minimum atomic E-state index is -4.71. The second kappa shape index (κ2) is 11.9. The highest BCUT2D eigenvalue weighted by Crippen LogP contribution is 2.44. The Hall–Kier alpha value is -2.54. The van der Waals surface area contributed by atoms with Gasteiger partial charge >= 0.3 is 25.3 Å². The van der Waals surface area contributed by atoms with E-state index >= 15 is 0 Å². The third-order valence-electron chi connectivity index (χ3n) is 5.49. The number of aliphatic hydroxyl groups excluding tert-OH is 1. The quantitative estimate of drug-likeness (QED) is 0.283. The average Bonchev–Trinajstić information content (AvgIpc) is 3.04. The topological polar surface area (TPSA) is 149 Å². The first-order valence-corrected chi connectivity index (χ1v) is 13.1. The molecule has 2 aromatic rings. The summed E-state index contributed by atoms with van der Waals surface area (Å²) < 4.78 is 57.5. The molecule has 3 N–H and O–H groups in total. The van der Waals surface area contributed by atoms with Crippen molar-refractivity contribution in [2.75, 3.05) is 6.61 Å². The Labute approximate surface area is 212 Å². The number of alkyl halides is 2. The molecule has 37 heavy (non-hydrogen) atoms. The first kappa shape index (κ1) is 29.0. The second-order valence-corrected chi connectivity index (χ2v) is 10.7. The first-order chi connectivity index (χ1) is 17.3. The van der Waals surface area contributed by atoms with E-state index in [0.717, 1.165) is 6.20 Å². The zero-order valence-corrected chi connectivity index (χ0v) is 21.4. The Kier molecular flexibility index (Phi) is 9.32. The molecule has 11 nitrogen and oxygen atoms in total. The molecule has 3 rings (SSSR count). The molecule has 1 aliphatic heterocycles. The first-order valence-electron chi connectivity index (χ1n) is 11.5. The van der Waals surface area contributed by atoms with Gasteiger partial charge in [-0.1, -0.05) is 44.2 Å². The fourth-order valence-electron chi connectivity index (χ4n) is 3.63. The van der Waals surface area contributed by atoms with Crippen molar-refractivity contribution in [3.05, 3.63) is 64.3 Å². The van der Waals surface area contributed by atoms with Crippen molar-refractivity contribution in [2.45, 2.75) is 64.2 Å². The molecule has 1 saturated heterocycles. The predicted molar refractivity (Wildman–Crippen MR) is 127 cm³/mol. The van der Waals surface area contributed by atoms with Gasteiger partial charge in [0.2, 0.25) is 6.23 Å². The highest BCUT2D eigenvalue weighted by Gasteiger charge is 2.60. The van der Waals surface area contributed by atoms with Crippen LogP contribution in [0.15, 0.2) is 47.4 Å². The van der Waals surface area contributed by atoms with Gasteiger partial charge < -0.3 is 19.5 Å². The largest absolute Gasteiger partial charge is 0.460 e. The van der Waals surface area contributed by atoms with Crippen LogP contribution in [0.2, 0.25) is 0 Å². The number of benzene rings is 1. The normalized spacial score (nSPS) is 23.5. The van der Waals surface area contributed by atoms with Crippen molar-refractivity contribution in [1.29, 1.82) is 0 Å². The molecular weight excluding hydrogens is 515 g/mol. The highest BCUT2D eigenvalue weighted by molar-refractivity contribution is 7.50. The number of esters is 1. The van der Waals surface area contributed by atoms with Crippen LogP contribution in [0.3, 0.4) is 0 Å². The maximum atomic E-state index is 14.8. The summed E-state index contributed by atoms with van der Waals surface area (Å²) in [6.45, 7) is 4.07. The summed E-state index contributed by atoms with van der Waals surface area (Å²) >= 11 is 0. The van der Waals surface area contributed by atoms with E-state index in [4.69, 9.17) is 14.0 Å². The molecule has 1 aromatic heterocycles. The number of ether oxygens (including phenoxy) is 2. The molecule has 0 amide bonds. The van der Waals surface area contributed by atoms with Crippen LogP contribution in [-0.2, 0) is 36.4 Å². The third-order valence-corrected chi connectivity index (χ3v) is 6.70. The smallest absolute Gasteiger partial charge is 0.403 e. The van der Waals surface area contributed by atoms with Gasteiger partial charge in [-0.3, -0.25) is 13.9 Å². The van der Waals surface area contributed by atoms with E-state index in [2.05, 4.69) is 4.98 Å². The molecule has 204 valence electrons. The van der Waals surface area contributed by atoms with Gasteiger partial charge in [0.15, 0.2) is 6.10 Å². The highest BCUT2D eigenvalue weighted by atomic mass is 31.2. The molecule has 0 bridgehead atoms. The fourth-order valence-corrected chi connectivity index (χ4v) is 4.65. The van der Waals surface area contributed by atoms with Gasteiger partial charge in [-0.25, -0.2) is 14.4 Å². The molecule has 0 spiro atoms. The maximum absolute atomic E-state index is 14.8. The predicted octanol–water partition coefficient (Wildman–Crippen LogP) is 2.17. The summed E-state index contributed by atoms with van der Waals surface area (Å²) in [7, 11) is -4.71. The zero-order chi connectivity index (χ0) is 27.4. The number of aliphatic hydroxyl groups is 1. The van der Waals surface area contributed by atoms with Crippen LogP contribution in [0.4, 0.5) is 8.78 Å². The van der Waals surface area contributed by atoms with Crippen molar-refractivity contribution >= 4 is 13.7 Å². The van der Waals surface area contributed by atoms with Crippen molar-refractivity contribution in [2.24, 2.45) is 5.92 Å². The number of carbonyl (C=O) groups excluding carboxylic acids is 1. The lowest BCUT2D eigenvalue weighted by Crippen LogP contribution is -2.42. The molecule has 2 heterocycles. The van der Waals surface area contributed by atoms with Crippen LogP contribution in [-0.4, -0.2) is 56.3 Å². The lowest BCUT2D eigenvalue weighted by molar-refractivity contribution is -0.146. The second-order valence-electron chi connectivity index (χ2n) is 9.11. The molecule has 1 unspecified atom stereocenters. The average molecular weight is 545 g/mol. The molecule has 0 radical (unpaired) electrons. The third kappa shape index (κ3) is 7.50. The number of halogens is 2. The van der Waals surface area contributed by atoms with E-state index in [0.29, 0.717) is 22.2 Å². The molecule has 1 aromatic carbocycles. The van der Waals surface area contributed by atoms with Gasteiger partial charge in [-0.15, -0.1) is 0 Å². The Morgan fingerprint density at radius 2 is 1.95 bits per heavy atom. The standard InChI is InChI=1S/C23H30F2N3O8P/c1-14(2)11-17-9-10-28(22(31)26-17)21-23(24,25)19(29)18(36-21)13-35-37(32,33)27-15(3)20(30)34-12-16-7-5-4-6-8-16/h4-10,14-15,18-19,21,29H,11-13H2,1-3H3,(H2,27,32,33)/t15-,18+,19+,21+/m0/s1. The summed E-state index contributed by atoms with van der Waals surface area (Å²) in [5.74, 6) is -4.59. The van der Waals surface area contributed by atoms with Crippen molar-refractivity contribution < 1.29 is 42.1 Å². The van der Waals surface area contributed by atoms with Crippen LogP contribution in [0.25, 0.3) is 0 Å². The SMILES string of the molecule is CC(C)Cc1ccn([C@@H]2O[C@H](COP(=O)(O)N[C@@H](C)C(=O)OCc3ccccc3)[C@@H](O)C2(F)F)c(=O)n1. The van der Waals surface area contributed by atoms with E-state index in [1.807, 2.05) is 18.9 Å². The number of aromatic nitrogens is 2. The lowest BCUT2D eigenvalue weighted by Gasteiger charge is -2.21. The number of hydrogen-bond acceptors (Lipinski definition) is 8. The molecule has 14 heteroatoms. The van der Waals surface area contributed by atoms with E-state index in [9.17, 15) is 32.9 Å². The van der Waals surface area contributed by atoms with Gasteiger partial charge in [0.1, 0.15) is 18.8 Å². The Morgan fingerprint density at radius 3 is 2.57 bits per heavy atom. The van der Waals surface area contributed by atoms with E-state index in [1.54, 1.807) is 30.3 Å². The maximum Gasteiger partial charge on any atom is 0.403 e. The van der Waals surface area contributed by atoms with Crippen LogP contribution in [0, 0.1) is 5.92 Å². The monoisotopic (exact) mass is 545 g/mol. The van der Waals surface area contributed by atoms with Gasteiger partial charge in [0.25, 0.3) is 0 Å². The van der Waals surface area contributed by atoms with Crippen molar-refractivity contribution in [3.8, 4) is 0 Å². The minimum Gasteiger partial charge on any atom is -0.460 e. The Bertz CT molecular complexity index is 1180. The summed E-state index contributed by atoms with van der Waals surface area (Å²) in [6, 6.07) is 8.87. The Morgan fingerprint density at radius 1 is 1.27 bits per heavy atom. The van der Waals surface area contributed by atoms with Crippen LogP contribution >= 0.6 is 7.75 Å². The molecular formula is C23H30F2N3O8P. The molecule has 0 aliphatic carbocycles. The summed E-state index contributed by atoms with van der Waals surface area (Å²) in [6.07, 6.45) is -4.85. The number of nitrogens with one attached hydrogen (secondary N) is 1. The zero-order valence-electron chi connectivity index (χ0n) is 20.5. The number of nitrogens with zero attached hydrogens (tertiary/aromatic N) is 2. The number of hydrogen-bond donors (Lipinski definition) is 3. The molecule has 5 atom stereocenters. The fraction of sp³-hybridized carbons (Fsp3) is 0.522. The number of carbonyl (C=O) groups is 1. The van der Waals surface area contributed by atoms with E-state index in [1.165, 1.54) is 13.0 Å². The van der Waals surface area contributed by atoms with Crippen LogP contribution in [0.5, 0.6) is 0 Å². The minimum absolute atomic E-state index is 0.0620. The van der Waals surface area contributed by atoms with E-state index < -0.39 is 56.4 Å². The molecule has 1 fully saturated rings. The number of rotatable bonds is 11. The van der Waals surface area contributed by atoms with Gasteiger partial charge in [-0.05, 0) is 30.9 Å². The molecule has 1 aliphatic rings. The van der Waals surface area contributed by atoms with Crippen LogP contribution in [0.1, 0.15) is 38.3 Å². The van der Waals surface area contributed by atoms with Crippen molar-refractivity contribution in [3.63, 3.8) is 0 Å². The van der Waals surface area contributed by atoms with Crippen molar-refractivity contribution in [1.82, 2.24) is 14.6 Å². The molecule has 0 saturated carbocycles. The van der Waals surface area contributed by atoms with Crippen LogP contribution < -0.4 is 10.8 Å². The Balaban J connectivity index is 1.59.